The summed E-state index contributed by atoms with van der Waals surface area (Å²) in [7, 11) is 0. The molecule has 0 fully saturated rings. The van der Waals surface area contributed by atoms with Crippen LogP contribution in [0.15, 0.2) is 80.3 Å². The smallest absolute Gasteiger partial charge is 0.363 e. The SMILES string of the molecule is CCOc1cc(/C=C2\N=C(c3ccc([N+](=O)[O-])cc3)OC2=O)cc(Br)c1OCc1ccccc1Br. The maximum atomic E-state index is 12.4. The Morgan fingerprint density at radius 2 is 1.80 bits per heavy atom. The van der Waals surface area contributed by atoms with Crippen molar-refractivity contribution in [1.29, 1.82) is 0 Å². The van der Waals surface area contributed by atoms with E-state index in [0.717, 1.165) is 10.0 Å². The van der Waals surface area contributed by atoms with Crippen molar-refractivity contribution in [3.8, 4) is 11.5 Å². The summed E-state index contributed by atoms with van der Waals surface area (Å²) in [6, 6.07) is 16.9. The summed E-state index contributed by atoms with van der Waals surface area (Å²) < 4.78 is 18.7. The zero-order valence-corrected chi connectivity index (χ0v) is 21.5. The first-order valence-electron chi connectivity index (χ1n) is 10.5. The molecule has 0 aromatic heterocycles. The van der Waals surface area contributed by atoms with E-state index in [9.17, 15) is 14.9 Å². The van der Waals surface area contributed by atoms with E-state index >= 15 is 0 Å². The van der Waals surface area contributed by atoms with Gasteiger partial charge in [0.2, 0.25) is 5.90 Å². The molecular weight excluding hydrogens is 584 g/mol. The van der Waals surface area contributed by atoms with Gasteiger partial charge in [-0.15, -0.1) is 0 Å². The third-order valence-corrected chi connectivity index (χ3v) is 6.27. The maximum absolute atomic E-state index is 12.4. The molecule has 0 spiro atoms. The van der Waals surface area contributed by atoms with Crippen molar-refractivity contribution in [2.75, 3.05) is 6.61 Å². The zero-order chi connectivity index (χ0) is 24.9. The predicted octanol–water partition coefficient (Wildman–Crippen LogP) is 6.44. The topological polar surface area (TPSA) is 100 Å². The fourth-order valence-electron chi connectivity index (χ4n) is 3.26. The number of hydrogen-bond donors (Lipinski definition) is 0. The fourth-order valence-corrected chi connectivity index (χ4v) is 4.23. The lowest BCUT2D eigenvalue weighted by molar-refractivity contribution is -0.384. The van der Waals surface area contributed by atoms with Crippen LogP contribution in [-0.4, -0.2) is 23.4 Å². The predicted molar refractivity (Wildman–Crippen MR) is 137 cm³/mol. The first-order valence-corrected chi connectivity index (χ1v) is 12.0. The Hall–Kier alpha value is -3.50. The van der Waals surface area contributed by atoms with Crippen molar-refractivity contribution in [3.05, 3.63) is 102 Å². The van der Waals surface area contributed by atoms with Crippen LogP contribution < -0.4 is 9.47 Å². The van der Waals surface area contributed by atoms with Gasteiger partial charge in [-0.05, 0) is 64.8 Å². The summed E-state index contributed by atoms with van der Waals surface area (Å²) in [4.78, 5) is 27.0. The second kappa shape index (κ2) is 10.8. The molecule has 1 aliphatic heterocycles. The Bertz CT molecular complexity index is 1350. The van der Waals surface area contributed by atoms with Crippen molar-refractivity contribution in [1.82, 2.24) is 0 Å². The van der Waals surface area contributed by atoms with Crippen molar-refractivity contribution in [3.63, 3.8) is 0 Å². The molecule has 10 heteroatoms. The number of aliphatic imine (C=N–C) groups is 1. The molecular formula is C25H18Br2N2O6. The highest BCUT2D eigenvalue weighted by molar-refractivity contribution is 9.10. The number of hydrogen-bond acceptors (Lipinski definition) is 7. The minimum absolute atomic E-state index is 0.0651. The van der Waals surface area contributed by atoms with Crippen LogP contribution in [0.3, 0.4) is 0 Å². The van der Waals surface area contributed by atoms with Gasteiger partial charge in [0.05, 0.1) is 16.0 Å². The molecule has 0 saturated heterocycles. The number of rotatable bonds is 8. The van der Waals surface area contributed by atoms with Crippen molar-refractivity contribution < 1.29 is 23.9 Å². The number of carbonyl (C=O) groups excluding carboxylic acids is 1. The van der Waals surface area contributed by atoms with E-state index in [1.165, 1.54) is 24.3 Å². The molecule has 0 unspecified atom stereocenters. The van der Waals surface area contributed by atoms with E-state index < -0.39 is 10.9 Å². The summed E-state index contributed by atoms with van der Waals surface area (Å²) >= 11 is 7.06. The number of carbonyl (C=O) groups is 1. The highest BCUT2D eigenvalue weighted by atomic mass is 79.9. The lowest BCUT2D eigenvalue weighted by atomic mass is 10.1. The standard InChI is InChI=1S/C25H18Br2N2O6/c1-2-33-22-13-15(11-20(27)23(22)34-14-17-5-3-4-6-19(17)26)12-21-25(30)35-24(28-21)16-7-9-18(10-8-16)29(31)32/h3-13H,2,14H2,1H3/b21-12-. The summed E-state index contributed by atoms with van der Waals surface area (Å²) in [6.07, 6.45) is 1.57. The number of nitro benzene ring substituents is 1. The molecule has 4 rings (SSSR count). The Kier molecular flexibility index (Phi) is 7.62. The van der Waals surface area contributed by atoms with Crippen molar-refractivity contribution in [2.45, 2.75) is 13.5 Å². The van der Waals surface area contributed by atoms with Gasteiger partial charge >= 0.3 is 5.97 Å². The lowest BCUT2D eigenvalue weighted by Gasteiger charge is -2.15. The third-order valence-electron chi connectivity index (χ3n) is 4.91. The molecule has 0 atom stereocenters. The normalized spacial score (nSPS) is 14.0. The Balaban J connectivity index is 1.60. The van der Waals surface area contributed by atoms with Gasteiger partial charge in [0.1, 0.15) is 6.61 Å². The lowest BCUT2D eigenvalue weighted by Crippen LogP contribution is -2.05. The van der Waals surface area contributed by atoms with Gasteiger partial charge in [-0.3, -0.25) is 10.1 Å². The number of non-ortho nitro benzene ring substituents is 1. The molecule has 0 saturated carbocycles. The van der Waals surface area contributed by atoms with Gasteiger partial charge in [-0.1, -0.05) is 34.1 Å². The first-order chi connectivity index (χ1) is 16.9. The molecule has 1 heterocycles. The molecule has 0 bridgehead atoms. The van der Waals surface area contributed by atoms with Crippen LogP contribution in [0.4, 0.5) is 5.69 Å². The minimum atomic E-state index is -0.623. The molecule has 0 radical (unpaired) electrons. The molecule has 3 aromatic carbocycles. The van der Waals surface area contributed by atoms with E-state index in [-0.39, 0.29) is 17.3 Å². The van der Waals surface area contributed by atoms with Crippen LogP contribution in [-0.2, 0) is 16.1 Å². The highest BCUT2D eigenvalue weighted by Gasteiger charge is 2.25. The molecule has 0 N–H and O–H groups in total. The number of nitrogens with zero attached hydrogens (tertiary/aromatic N) is 2. The molecule has 1 aliphatic rings. The second-order valence-electron chi connectivity index (χ2n) is 7.28. The average Bonchev–Trinajstić information content (AvgIpc) is 3.20. The molecule has 0 amide bonds. The highest BCUT2D eigenvalue weighted by Crippen LogP contribution is 2.38. The van der Waals surface area contributed by atoms with E-state index in [1.54, 1.807) is 18.2 Å². The van der Waals surface area contributed by atoms with E-state index in [0.29, 0.717) is 40.3 Å². The first kappa shape index (κ1) is 24.6. The van der Waals surface area contributed by atoms with Crippen molar-refractivity contribution in [2.24, 2.45) is 4.99 Å². The Morgan fingerprint density at radius 3 is 2.49 bits per heavy atom. The van der Waals surface area contributed by atoms with Crippen molar-refractivity contribution >= 4 is 55.5 Å². The Morgan fingerprint density at radius 1 is 1.06 bits per heavy atom. The summed E-state index contributed by atoms with van der Waals surface area (Å²) in [5.41, 5.74) is 2.11. The van der Waals surface area contributed by atoms with Gasteiger partial charge in [0.15, 0.2) is 17.2 Å². The summed E-state index contributed by atoms with van der Waals surface area (Å²) in [6.45, 7) is 2.61. The van der Waals surface area contributed by atoms with E-state index in [4.69, 9.17) is 14.2 Å². The number of halogens is 2. The molecule has 3 aromatic rings. The largest absolute Gasteiger partial charge is 0.490 e. The van der Waals surface area contributed by atoms with Crippen LogP contribution in [0.2, 0.25) is 0 Å². The molecule has 8 nitrogen and oxygen atoms in total. The van der Waals surface area contributed by atoms with Gasteiger partial charge < -0.3 is 14.2 Å². The van der Waals surface area contributed by atoms with Gasteiger partial charge in [-0.25, -0.2) is 9.79 Å². The van der Waals surface area contributed by atoms with Crippen LogP contribution in [0.5, 0.6) is 11.5 Å². The molecule has 0 aliphatic carbocycles. The Labute approximate surface area is 217 Å². The zero-order valence-electron chi connectivity index (χ0n) is 18.4. The van der Waals surface area contributed by atoms with Gasteiger partial charge in [0.25, 0.3) is 5.69 Å². The minimum Gasteiger partial charge on any atom is -0.490 e. The van der Waals surface area contributed by atoms with Crippen LogP contribution in [0.1, 0.15) is 23.6 Å². The molecule has 178 valence electrons. The average molecular weight is 602 g/mol. The third kappa shape index (κ3) is 5.77. The van der Waals surface area contributed by atoms with Crippen LogP contribution in [0.25, 0.3) is 6.08 Å². The van der Waals surface area contributed by atoms with Gasteiger partial charge in [-0.2, -0.15) is 0 Å². The summed E-state index contributed by atoms with van der Waals surface area (Å²) in [5, 5.41) is 10.9. The molecule has 35 heavy (non-hydrogen) atoms. The number of ether oxygens (including phenoxy) is 3. The van der Waals surface area contributed by atoms with Crippen LogP contribution in [0, 0.1) is 10.1 Å². The fraction of sp³-hybridized carbons (Fsp3) is 0.120. The quantitative estimate of drug-likeness (QED) is 0.127. The van der Waals surface area contributed by atoms with E-state index in [2.05, 4.69) is 36.9 Å². The maximum Gasteiger partial charge on any atom is 0.363 e. The number of benzene rings is 3. The number of nitro groups is 1. The number of esters is 1. The van der Waals surface area contributed by atoms with Gasteiger partial charge in [0, 0.05) is 27.7 Å². The van der Waals surface area contributed by atoms with E-state index in [1.807, 2.05) is 31.2 Å². The van der Waals surface area contributed by atoms with Crippen LogP contribution >= 0.6 is 31.9 Å². The monoisotopic (exact) mass is 600 g/mol. The second-order valence-corrected chi connectivity index (χ2v) is 8.99. The summed E-state index contributed by atoms with van der Waals surface area (Å²) in [5.74, 6) is 0.496. The number of cyclic esters (lactones) is 1.